The van der Waals surface area contributed by atoms with Crippen LogP contribution in [0, 0.1) is 11.8 Å². The average Bonchev–Trinajstić information content (AvgIpc) is 2.35. The lowest BCUT2D eigenvalue weighted by Crippen LogP contribution is -2.20. The van der Waals surface area contributed by atoms with Crippen molar-refractivity contribution >= 4 is 11.8 Å². The summed E-state index contributed by atoms with van der Waals surface area (Å²) in [5.74, 6) is 0.838. The highest BCUT2D eigenvalue weighted by molar-refractivity contribution is 5.67. The predicted octanol–water partition coefficient (Wildman–Crippen LogP) is 2.42. The molecule has 0 saturated carbocycles. The van der Waals surface area contributed by atoms with Gasteiger partial charge >= 0.3 is 5.97 Å². The van der Waals surface area contributed by atoms with Crippen LogP contribution in [0.2, 0.25) is 0 Å². The first kappa shape index (κ1) is 16.2. The zero-order valence-corrected chi connectivity index (χ0v) is 12.3. The van der Waals surface area contributed by atoms with E-state index >= 15 is 0 Å². The minimum Gasteiger partial charge on any atom is -0.481 e. The Hall–Kier alpha value is -1.85. The van der Waals surface area contributed by atoms with Gasteiger partial charge in [0, 0.05) is 13.0 Å². The zero-order chi connectivity index (χ0) is 15.0. The molecule has 0 aliphatic heterocycles. The summed E-state index contributed by atoms with van der Waals surface area (Å²) in [5, 5.41) is 12.1. The van der Waals surface area contributed by atoms with Crippen molar-refractivity contribution in [2.24, 2.45) is 11.8 Å². The molecule has 20 heavy (non-hydrogen) atoms. The molecule has 1 heterocycles. The molecule has 0 bridgehead atoms. The van der Waals surface area contributed by atoms with E-state index in [9.17, 15) is 4.79 Å². The van der Waals surface area contributed by atoms with Gasteiger partial charge in [-0.3, -0.25) is 9.78 Å². The van der Waals surface area contributed by atoms with E-state index in [1.165, 1.54) is 0 Å². The highest BCUT2D eigenvalue weighted by Gasteiger charge is 2.15. The van der Waals surface area contributed by atoms with Crippen LogP contribution in [0.5, 0.6) is 5.88 Å². The third kappa shape index (κ3) is 6.36. The standard InChI is InChI=1S/C14H23N3O3/c1-4-20-13-9-15-8-12(17-13)16-7-11(5-10(2)3)6-14(18)19/h8-11H,4-7H2,1-3H3,(H,16,17)(H,18,19). The molecule has 1 aromatic rings. The van der Waals surface area contributed by atoms with Crippen LogP contribution in [-0.2, 0) is 4.79 Å². The van der Waals surface area contributed by atoms with E-state index in [1.54, 1.807) is 12.4 Å². The molecule has 0 spiro atoms. The van der Waals surface area contributed by atoms with Crippen molar-refractivity contribution in [3.05, 3.63) is 12.4 Å². The monoisotopic (exact) mass is 281 g/mol. The molecule has 2 N–H and O–H groups in total. The fraction of sp³-hybridized carbons (Fsp3) is 0.643. The number of nitrogens with zero attached hydrogens (tertiary/aromatic N) is 2. The van der Waals surface area contributed by atoms with E-state index in [1.807, 2.05) is 6.92 Å². The van der Waals surface area contributed by atoms with Crippen LogP contribution in [0.15, 0.2) is 12.4 Å². The van der Waals surface area contributed by atoms with Crippen LogP contribution in [0.4, 0.5) is 5.82 Å². The largest absolute Gasteiger partial charge is 0.481 e. The first-order valence-electron chi connectivity index (χ1n) is 6.91. The van der Waals surface area contributed by atoms with Crippen molar-refractivity contribution in [2.45, 2.75) is 33.6 Å². The van der Waals surface area contributed by atoms with Crippen LogP contribution in [-0.4, -0.2) is 34.2 Å². The fourth-order valence-corrected chi connectivity index (χ4v) is 2.05. The third-order valence-electron chi connectivity index (χ3n) is 2.74. The molecule has 0 aromatic carbocycles. The molecular formula is C14H23N3O3. The maximum absolute atomic E-state index is 10.9. The van der Waals surface area contributed by atoms with Gasteiger partial charge in [-0.25, -0.2) is 0 Å². The van der Waals surface area contributed by atoms with Gasteiger partial charge in [0.2, 0.25) is 5.88 Å². The number of ether oxygens (including phenoxy) is 1. The van der Waals surface area contributed by atoms with Crippen LogP contribution < -0.4 is 10.1 Å². The Morgan fingerprint density at radius 2 is 2.20 bits per heavy atom. The first-order chi connectivity index (χ1) is 9.51. The number of hydrogen-bond donors (Lipinski definition) is 2. The van der Waals surface area contributed by atoms with Crippen LogP contribution in [0.25, 0.3) is 0 Å². The van der Waals surface area contributed by atoms with Crippen molar-refractivity contribution in [2.75, 3.05) is 18.5 Å². The van der Waals surface area contributed by atoms with E-state index in [4.69, 9.17) is 9.84 Å². The topological polar surface area (TPSA) is 84.3 Å². The lowest BCUT2D eigenvalue weighted by molar-refractivity contribution is -0.138. The lowest BCUT2D eigenvalue weighted by Gasteiger charge is -2.18. The Labute approximate surface area is 119 Å². The summed E-state index contributed by atoms with van der Waals surface area (Å²) in [5.41, 5.74) is 0. The molecule has 1 aromatic heterocycles. The average molecular weight is 281 g/mol. The second-order valence-electron chi connectivity index (χ2n) is 5.15. The third-order valence-corrected chi connectivity index (χ3v) is 2.74. The molecule has 0 aliphatic rings. The van der Waals surface area contributed by atoms with Crippen molar-refractivity contribution in [1.82, 2.24) is 9.97 Å². The number of aliphatic carboxylic acids is 1. The van der Waals surface area contributed by atoms with E-state index < -0.39 is 5.97 Å². The van der Waals surface area contributed by atoms with E-state index in [-0.39, 0.29) is 12.3 Å². The van der Waals surface area contributed by atoms with Gasteiger partial charge in [-0.1, -0.05) is 13.8 Å². The molecule has 0 fully saturated rings. The Kier molecular flexibility index (Phi) is 6.76. The number of carbonyl (C=O) groups is 1. The van der Waals surface area contributed by atoms with Crippen molar-refractivity contribution in [3.63, 3.8) is 0 Å². The minimum absolute atomic E-state index is 0.0741. The maximum Gasteiger partial charge on any atom is 0.303 e. The second-order valence-corrected chi connectivity index (χ2v) is 5.15. The van der Waals surface area contributed by atoms with E-state index in [0.29, 0.717) is 30.8 Å². The van der Waals surface area contributed by atoms with Crippen molar-refractivity contribution in [3.8, 4) is 5.88 Å². The molecule has 6 heteroatoms. The Bertz CT molecular complexity index is 424. The van der Waals surface area contributed by atoms with Gasteiger partial charge in [0.25, 0.3) is 0 Å². The van der Waals surface area contributed by atoms with Gasteiger partial charge in [-0.15, -0.1) is 0 Å². The molecule has 1 atom stereocenters. The number of carboxylic acids is 1. The Morgan fingerprint density at radius 3 is 2.80 bits per heavy atom. The molecule has 1 rings (SSSR count). The van der Waals surface area contributed by atoms with Gasteiger partial charge in [0.05, 0.1) is 19.0 Å². The minimum atomic E-state index is -0.772. The number of hydrogen-bond acceptors (Lipinski definition) is 5. The molecule has 0 saturated heterocycles. The number of aromatic nitrogens is 2. The summed E-state index contributed by atoms with van der Waals surface area (Å²) in [6, 6.07) is 0. The molecule has 0 amide bonds. The number of rotatable bonds is 9. The predicted molar refractivity (Wildman–Crippen MR) is 76.9 cm³/mol. The summed E-state index contributed by atoms with van der Waals surface area (Å²) < 4.78 is 5.27. The van der Waals surface area contributed by atoms with Crippen molar-refractivity contribution < 1.29 is 14.6 Å². The second kappa shape index (κ2) is 8.35. The maximum atomic E-state index is 10.9. The first-order valence-corrected chi connectivity index (χ1v) is 6.91. The van der Waals surface area contributed by atoms with Gasteiger partial charge in [-0.2, -0.15) is 4.98 Å². The SMILES string of the molecule is CCOc1cncc(NCC(CC(=O)O)CC(C)C)n1. The molecule has 0 radical (unpaired) electrons. The van der Waals surface area contributed by atoms with E-state index in [2.05, 4.69) is 29.1 Å². The van der Waals surface area contributed by atoms with Crippen molar-refractivity contribution in [1.29, 1.82) is 0 Å². The van der Waals surface area contributed by atoms with Crippen LogP contribution in [0.3, 0.4) is 0 Å². The zero-order valence-electron chi connectivity index (χ0n) is 12.3. The number of nitrogens with one attached hydrogen (secondary N) is 1. The van der Waals surface area contributed by atoms with Gasteiger partial charge in [0.1, 0.15) is 5.82 Å². The molecule has 1 unspecified atom stereocenters. The highest BCUT2D eigenvalue weighted by atomic mass is 16.5. The molecule has 0 aliphatic carbocycles. The van der Waals surface area contributed by atoms with Gasteiger partial charge in [-0.05, 0) is 25.2 Å². The fourth-order valence-electron chi connectivity index (χ4n) is 2.05. The van der Waals surface area contributed by atoms with Gasteiger partial charge in [0.15, 0.2) is 0 Å². The summed E-state index contributed by atoms with van der Waals surface area (Å²) in [6.07, 6.45) is 4.18. The van der Waals surface area contributed by atoms with Gasteiger partial charge < -0.3 is 15.2 Å². The van der Waals surface area contributed by atoms with Crippen LogP contribution >= 0.6 is 0 Å². The van der Waals surface area contributed by atoms with E-state index in [0.717, 1.165) is 6.42 Å². The molecular weight excluding hydrogens is 258 g/mol. The summed E-state index contributed by atoms with van der Waals surface area (Å²) in [4.78, 5) is 19.2. The van der Waals surface area contributed by atoms with Crippen LogP contribution in [0.1, 0.15) is 33.6 Å². The number of carboxylic acid groups (broad SMARTS) is 1. The quantitative estimate of drug-likeness (QED) is 0.723. The normalized spacial score (nSPS) is 12.2. The molecule has 6 nitrogen and oxygen atoms in total. The Morgan fingerprint density at radius 1 is 1.45 bits per heavy atom. The lowest BCUT2D eigenvalue weighted by atomic mass is 9.94. The summed E-state index contributed by atoms with van der Waals surface area (Å²) >= 11 is 0. The number of anilines is 1. The smallest absolute Gasteiger partial charge is 0.303 e. The molecule has 112 valence electrons. The highest BCUT2D eigenvalue weighted by Crippen LogP contribution is 2.17. The summed E-state index contributed by atoms with van der Waals surface area (Å²) in [6.45, 7) is 7.16. The Balaban J connectivity index is 2.57. The summed E-state index contributed by atoms with van der Waals surface area (Å²) in [7, 11) is 0.